The number of H-pyrrole nitrogens is 1. The highest BCUT2D eigenvalue weighted by molar-refractivity contribution is 8.44. The molecule has 8 atom stereocenters. The number of aromatic amines is 1. The minimum Gasteiger partial charge on any atom is -0.382 e. The van der Waals surface area contributed by atoms with Gasteiger partial charge in [-0.05, 0) is 0 Å². The lowest BCUT2D eigenvalue weighted by Gasteiger charge is -2.27. The maximum atomic E-state index is 13.2. The van der Waals surface area contributed by atoms with Gasteiger partial charge in [0.2, 0.25) is 0 Å². The Kier molecular flexibility index (Phi) is 7.48. The lowest BCUT2D eigenvalue weighted by Crippen LogP contribution is -2.32. The molecule has 6 heterocycles. The highest BCUT2D eigenvalue weighted by Crippen LogP contribution is 2.60. The zero-order chi connectivity index (χ0) is 28.2. The van der Waals surface area contributed by atoms with Crippen molar-refractivity contribution in [1.29, 1.82) is 0 Å². The molecule has 3 N–H and O–H groups in total. The third kappa shape index (κ3) is 5.68. The molecule has 6 rings (SSSR count). The van der Waals surface area contributed by atoms with Crippen LogP contribution in [0.3, 0.4) is 0 Å². The van der Waals surface area contributed by atoms with Crippen molar-refractivity contribution >= 4 is 55.1 Å². The van der Waals surface area contributed by atoms with Crippen LogP contribution in [0.1, 0.15) is 25.3 Å². The Morgan fingerprint density at radius 1 is 0.900 bits per heavy atom. The van der Waals surface area contributed by atoms with Gasteiger partial charge < -0.3 is 15.2 Å². The van der Waals surface area contributed by atoms with Crippen molar-refractivity contribution < 1.29 is 36.7 Å². The third-order valence-electron chi connectivity index (χ3n) is 6.56. The van der Waals surface area contributed by atoms with Crippen LogP contribution in [0.4, 0.5) is 5.82 Å². The number of nitrogens with one attached hydrogen (secondary N) is 1. The summed E-state index contributed by atoms with van der Waals surface area (Å²) in [6.45, 7) is -8.71. The van der Waals surface area contributed by atoms with Gasteiger partial charge in [-0.3, -0.25) is 37.0 Å². The average Bonchev–Trinajstić information content (AvgIpc) is 3.58. The Morgan fingerprint density at radius 2 is 1.50 bits per heavy atom. The van der Waals surface area contributed by atoms with Gasteiger partial charge in [0.15, 0.2) is 11.5 Å². The van der Waals surface area contributed by atoms with Gasteiger partial charge in [-0.1, -0.05) is 24.5 Å². The van der Waals surface area contributed by atoms with E-state index >= 15 is 0 Å². The molecule has 3 aromatic heterocycles. The first-order valence-corrected chi connectivity index (χ1v) is 17.2. The van der Waals surface area contributed by atoms with Gasteiger partial charge in [0.05, 0.1) is 19.5 Å². The molecule has 216 valence electrons. The number of nitrogens with zero attached hydrogens (tertiary/aromatic N) is 5. The van der Waals surface area contributed by atoms with Crippen LogP contribution in [0.2, 0.25) is 0 Å². The van der Waals surface area contributed by atoms with Crippen molar-refractivity contribution in [2.45, 2.75) is 49.7 Å². The van der Waals surface area contributed by atoms with Gasteiger partial charge in [-0.25, -0.2) is 28.9 Å². The Hall–Kier alpha value is -2.05. The van der Waals surface area contributed by atoms with E-state index in [9.17, 15) is 18.7 Å². The van der Waals surface area contributed by atoms with Gasteiger partial charge >= 0.3 is 19.3 Å². The second kappa shape index (κ2) is 10.7. The number of thiol groups is 2. The van der Waals surface area contributed by atoms with Crippen molar-refractivity contribution in [2.75, 3.05) is 18.9 Å². The number of aromatic nitrogens is 6. The Morgan fingerprint density at radius 3 is 2.10 bits per heavy atom. The van der Waals surface area contributed by atoms with Crippen LogP contribution < -0.4 is 17.0 Å². The molecular weight excluding hydrogens is 612 g/mol. The van der Waals surface area contributed by atoms with E-state index < -0.39 is 61.7 Å². The molecule has 2 unspecified atom stereocenters. The Bertz CT molecular complexity index is 1650. The molecule has 0 spiro atoms. The first-order chi connectivity index (χ1) is 19.0. The fourth-order valence-electron chi connectivity index (χ4n) is 4.74. The molecule has 0 amide bonds. The van der Waals surface area contributed by atoms with E-state index in [1.165, 1.54) is 18.9 Å². The molecule has 0 saturated carbocycles. The normalized spacial score (nSPS) is 37.0. The van der Waals surface area contributed by atoms with Gasteiger partial charge in [-0.2, -0.15) is 0 Å². The first kappa shape index (κ1) is 28.1. The predicted octanol–water partition coefficient (Wildman–Crippen LogP) is 1.43. The summed E-state index contributed by atoms with van der Waals surface area (Å²) in [5.41, 5.74) is 5.36. The largest absolute Gasteiger partial charge is 0.386 e. The van der Waals surface area contributed by atoms with Crippen molar-refractivity contribution in [2.24, 2.45) is 0 Å². The van der Waals surface area contributed by atoms with Crippen LogP contribution in [0.25, 0.3) is 11.2 Å². The number of fused-ring (bicyclic) bond motifs is 3. The lowest BCUT2D eigenvalue weighted by atomic mass is 10.2. The lowest BCUT2D eigenvalue weighted by molar-refractivity contribution is -0.0547. The summed E-state index contributed by atoms with van der Waals surface area (Å²) in [7, 11) is 0. The average molecular weight is 636 g/mol. The summed E-state index contributed by atoms with van der Waals surface area (Å²) < 4.78 is 63.6. The number of hydrogen-bond donors (Lipinski definition) is 4. The van der Waals surface area contributed by atoms with Crippen LogP contribution >= 0.6 is 38.1 Å². The topological polar surface area (TPSA) is 214 Å². The molecule has 3 aliphatic heterocycles. The van der Waals surface area contributed by atoms with Gasteiger partial charge in [0.1, 0.15) is 48.7 Å². The predicted molar refractivity (Wildman–Crippen MR) is 143 cm³/mol. The Balaban J connectivity index is 1.23. The van der Waals surface area contributed by atoms with Crippen LogP contribution in [-0.2, 0) is 36.7 Å². The number of nitrogens with two attached hydrogens (primary N) is 1. The molecule has 40 heavy (non-hydrogen) atoms. The molecule has 0 radical (unpaired) electrons. The summed E-state index contributed by atoms with van der Waals surface area (Å²) in [4.78, 5) is 38.2. The fourth-order valence-corrected chi connectivity index (χ4v) is 7.78. The number of ether oxygens (including phenoxy) is 2. The van der Waals surface area contributed by atoms with E-state index in [1.54, 1.807) is 4.57 Å². The summed E-state index contributed by atoms with van der Waals surface area (Å²) in [5.74, 6) is 0.190. The maximum Gasteiger partial charge on any atom is 0.386 e. The van der Waals surface area contributed by atoms with Gasteiger partial charge in [0, 0.05) is 25.1 Å². The fraction of sp³-hybridized carbons (Fsp3) is 0.526. The molecule has 17 nitrogen and oxygen atoms in total. The SMILES string of the molecule is Nc1ncnc2c1ncn2[C@H]1C[C@@H]2OP(=O)(S)OC[C@H]3O[C@@H](n4ccc(=O)[nH]c4=O)C[C@@H]3OP(=O)(S)OC[C@H]2O1. The van der Waals surface area contributed by atoms with Gasteiger partial charge in [-0.15, -0.1) is 0 Å². The zero-order valence-corrected chi connectivity index (χ0v) is 23.9. The highest BCUT2D eigenvalue weighted by atomic mass is 32.7. The standard InChI is InChI=1S/C19H23N7O10P2S2/c20-17-16-18(22-7-21-17)26(8-23-16)15-4-10-12(34-15)6-32-37(29,39)35-9-3-14(25-2-1-13(27)24-19(25)28)33-11(9)5-31-38(30,40)36-10/h1-2,7-12,14-15H,3-6H2,(H,29,39)(H,30,40)(H2,20,21,22)(H,24,27,28)/t9-,10-,11+,12+,14+,15+,37?,38?/m0/s1. The van der Waals surface area contributed by atoms with E-state index in [2.05, 4.69) is 44.4 Å². The van der Waals surface area contributed by atoms with Gasteiger partial charge in [0.25, 0.3) is 5.56 Å². The molecule has 3 fully saturated rings. The van der Waals surface area contributed by atoms with Crippen molar-refractivity contribution in [3.63, 3.8) is 0 Å². The molecule has 3 saturated heterocycles. The highest BCUT2D eigenvalue weighted by Gasteiger charge is 2.46. The molecule has 0 aliphatic carbocycles. The first-order valence-electron chi connectivity index (χ1n) is 11.8. The van der Waals surface area contributed by atoms with E-state index in [-0.39, 0.29) is 31.9 Å². The smallest absolute Gasteiger partial charge is 0.382 e. The van der Waals surface area contributed by atoms with E-state index in [0.29, 0.717) is 11.2 Å². The summed E-state index contributed by atoms with van der Waals surface area (Å²) in [6, 6.07) is 1.15. The quantitative estimate of drug-likeness (QED) is 0.232. The number of nitrogen functional groups attached to an aromatic ring is 1. The molecule has 3 aliphatic rings. The van der Waals surface area contributed by atoms with Crippen LogP contribution in [0.15, 0.2) is 34.5 Å². The third-order valence-corrected chi connectivity index (χ3v) is 9.84. The second-order valence-corrected chi connectivity index (χ2v) is 14.9. The van der Waals surface area contributed by atoms with Crippen LogP contribution in [-0.4, -0.2) is 66.7 Å². The summed E-state index contributed by atoms with van der Waals surface area (Å²) in [6.07, 6.45) is -1.16. The van der Waals surface area contributed by atoms with Crippen molar-refractivity contribution in [1.82, 2.24) is 29.1 Å². The maximum absolute atomic E-state index is 13.2. The summed E-state index contributed by atoms with van der Waals surface area (Å²) >= 11 is 8.22. The number of hydrogen-bond acceptors (Lipinski definition) is 14. The zero-order valence-electron chi connectivity index (χ0n) is 20.3. The molecule has 0 bridgehead atoms. The monoisotopic (exact) mass is 635 g/mol. The van der Waals surface area contributed by atoms with E-state index in [0.717, 1.165) is 10.6 Å². The minimum atomic E-state index is -4.02. The summed E-state index contributed by atoms with van der Waals surface area (Å²) in [5, 5.41) is 0. The van der Waals surface area contributed by atoms with Crippen LogP contribution in [0, 0.1) is 0 Å². The number of anilines is 1. The van der Waals surface area contributed by atoms with E-state index in [4.69, 9.17) is 33.3 Å². The molecule has 0 aromatic carbocycles. The molecule has 21 heteroatoms. The Labute approximate surface area is 235 Å². The number of imidazole rings is 1. The van der Waals surface area contributed by atoms with Crippen molar-refractivity contribution in [3.8, 4) is 0 Å². The second-order valence-electron chi connectivity index (χ2n) is 9.15. The van der Waals surface area contributed by atoms with Crippen LogP contribution in [0.5, 0.6) is 0 Å². The minimum absolute atomic E-state index is 0.00887. The molecular formula is C19H23N7O10P2S2. The van der Waals surface area contributed by atoms with Crippen molar-refractivity contribution in [3.05, 3.63) is 45.8 Å². The molecule has 3 aromatic rings. The number of rotatable bonds is 2. The van der Waals surface area contributed by atoms with E-state index in [1.807, 2.05) is 0 Å².